The van der Waals surface area contributed by atoms with Crippen LogP contribution in [-0.4, -0.2) is 35.6 Å². The molecule has 0 aromatic carbocycles. The minimum atomic E-state index is 0.287. The van der Waals surface area contributed by atoms with Gasteiger partial charge < -0.3 is 15.8 Å². The van der Waals surface area contributed by atoms with Crippen molar-refractivity contribution in [3.8, 4) is 0 Å². The lowest BCUT2D eigenvalue weighted by Gasteiger charge is -2.26. The standard InChI is InChI=1S/C10H21N3O/c1-8(2)13(3)7-10(4-5-10)6-9(11)12-14/h8,14H,4-7H2,1-3H3,(H2,11,12). The first-order chi connectivity index (χ1) is 6.49. The largest absolute Gasteiger partial charge is 0.409 e. The summed E-state index contributed by atoms with van der Waals surface area (Å²) in [5.74, 6) is 0.361. The minimum absolute atomic E-state index is 0.287. The molecule has 3 N–H and O–H groups in total. The molecule has 1 saturated carbocycles. The third-order valence-corrected chi connectivity index (χ3v) is 3.11. The molecule has 0 aromatic heterocycles. The van der Waals surface area contributed by atoms with Crippen LogP contribution in [0.3, 0.4) is 0 Å². The van der Waals surface area contributed by atoms with E-state index in [0.29, 0.717) is 11.9 Å². The lowest BCUT2D eigenvalue weighted by Crippen LogP contribution is -2.34. The first-order valence-corrected chi connectivity index (χ1v) is 5.16. The molecule has 1 aliphatic carbocycles. The van der Waals surface area contributed by atoms with E-state index in [4.69, 9.17) is 10.9 Å². The second kappa shape index (κ2) is 4.17. The van der Waals surface area contributed by atoms with E-state index in [9.17, 15) is 0 Å². The van der Waals surface area contributed by atoms with Crippen molar-refractivity contribution in [3.05, 3.63) is 0 Å². The zero-order chi connectivity index (χ0) is 10.8. The summed E-state index contributed by atoms with van der Waals surface area (Å²) in [5, 5.41) is 11.6. The van der Waals surface area contributed by atoms with Crippen LogP contribution in [0.5, 0.6) is 0 Å². The fourth-order valence-electron chi connectivity index (χ4n) is 1.70. The maximum Gasteiger partial charge on any atom is 0.139 e. The quantitative estimate of drug-likeness (QED) is 0.303. The average Bonchev–Trinajstić information content (AvgIpc) is 2.84. The van der Waals surface area contributed by atoms with Crippen LogP contribution in [-0.2, 0) is 0 Å². The minimum Gasteiger partial charge on any atom is -0.409 e. The highest BCUT2D eigenvalue weighted by Gasteiger charge is 2.44. The van der Waals surface area contributed by atoms with Crippen LogP contribution >= 0.6 is 0 Å². The molecule has 0 atom stereocenters. The number of oxime groups is 1. The van der Waals surface area contributed by atoms with Crippen LogP contribution in [0.4, 0.5) is 0 Å². The van der Waals surface area contributed by atoms with Gasteiger partial charge in [0.15, 0.2) is 0 Å². The summed E-state index contributed by atoms with van der Waals surface area (Å²) in [6.07, 6.45) is 3.11. The van der Waals surface area contributed by atoms with Crippen molar-refractivity contribution in [2.45, 2.75) is 39.2 Å². The molecule has 1 fully saturated rings. The van der Waals surface area contributed by atoms with E-state index < -0.39 is 0 Å². The maximum absolute atomic E-state index is 8.52. The van der Waals surface area contributed by atoms with E-state index in [1.807, 2.05) is 0 Å². The second-order valence-electron chi connectivity index (χ2n) is 4.78. The van der Waals surface area contributed by atoms with Crippen LogP contribution in [0.15, 0.2) is 5.16 Å². The lowest BCUT2D eigenvalue weighted by atomic mass is 10.0. The Kier molecular flexibility index (Phi) is 3.37. The molecule has 0 bridgehead atoms. The Hall–Kier alpha value is -0.770. The van der Waals surface area contributed by atoms with E-state index in [0.717, 1.165) is 13.0 Å². The summed E-state index contributed by atoms with van der Waals surface area (Å²) in [5.41, 5.74) is 5.82. The Morgan fingerprint density at radius 1 is 1.57 bits per heavy atom. The van der Waals surface area contributed by atoms with E-state index in [1.165, 1.54) is 12.8 Å². The van der Waals surface area contributed by atoms with Crippen molar-refractivity contribution in [1.29, 1.82) is 0 Å². The third-order valence-electron chi connectivity index (χ3n) is 3.11. The summed E-state index contributed by atoms with van der Waals surface area (Å²) in [4.78, 5) is 2.32. The highest BCUT2D eigenvalue weighted by Crippen LogP contribution is 2.49. The summed E-state index contributed by atoms with van der Waals surface area (Å²) in [6, 6.07) is 0.555. The smallest absolute Gasteiger partial charge is 0.139 e. The Morgan fingerprint density at radius 3 is 2.50 bits per heavy atom. The van der Waals surface area contributed by atoms with Gasteiger partial charge in [-0.2, -0.15) is 0 Å². The Balaban J connectivity index is 2.43. The zero-order valence-corrected chi connectivity index (χ0v) is 9.32. The van der Waals surface area contributed by atoms with Crippen molar-refractivity contribution >= 4 is 5.84 Å². The van der Waals surface area contributed by atoms with Gasteiger partial charge in [-0.25, -0.2) is 0 Å². The molecule has 4 heteroatoms. The summed E-state index contributed by atoms with van der Waals surface area (Å²) < 4.78 is 0. The first kappa shape index (κ1) is 11.3. The molecular weight excluding hydrogens is 178 g/mol. The summed E-state index contributed by atoms with van der Waals surface area (Å²) in [7, 11) is 2.12. The van der Waals surface area contributed by atoms with Crippen molar-refractivity contribution in [2.24, 2.45) is 16.3 Å². The molecule has 0 heterocycles. The average molecular weight is 199 g/mol. The maximum atomic E-state index is 8.52. The Labute approximate surface area is 85.8 Å². The summed E-state index contributed by atoms with van der Waals surface area (Å²) >= 11 is 0. The number of rotatable bonds is 5. The molecule has 1 rings (SSSR count). The van der Waals surface area contributed by atoms with E-state index in [2.05, 4.69) is 31.0 Å². The predicted molar refractivity (Wildman–Crippen MR) is 57.5 cm³/mol. The highest BCUT2D eigenvalue weighted by molar-refractivity contribution is 5.80. The van der Waals surface area contributed by atoms with Gasteiger partial charge in [0.1, 0.15) is 5.84 Å². The zero-order valence-electron chi connectivity index (χ0n) is 9.32. The van der Waals surface area contributed by atoms with Crippen molar-refractivity contribution < 1.29 is 5.21 Å². The van der Waals surface area contributed by atoms with E-state index >= 15 is 0 Å². The van der Waals surface area contributed by atoms with E-state index in [-0.39, 0.29) is 5.41 Å². The Morgan fingerprint density at radius 2 is 2.14 bits per heavy atom. The van der Waals surface area contributed by atoms with Crippen molar-refractivity contribution in [1.82, 2.24) is 4.90 Å². The topological polar surface area (TPSA) is 61.8 Å². The van der Waals surface area contributed by atoms with Gasteiger partial charge in [-0.1, -0.05) is 5.16 Å². The molecule has 0 saturated heterocycles. The van der Waals surface area contributed by atoms with Gasteiger partial charge in [0.05, 0.1) is 0 Å². The number of nitrogens with two attached hydrogens (primary N) is 1. The number of hydrogen-bond acceptors (Lipinski definition) is 3. The van der Waals surface area contributed by atoms with Crippen LogP contribution in [0.1, 0.15) is 33.1 Å². The molecule has 82 valence electrons. The molecule has 1 aliphatic rings. The molecule has 4 nitrogen and oxygen atoms in total. The Bertz CT molecular complexity index is 221. The van der Waals surface area contributed by atoms with E-state index in [1.54, 1.807) is 0 Å². The number of hydrogen-bond donors (Lipinski definition) is 2. The van der Waals surface area contributed by atoms with Gasteiger partial charge in [-0.15, -0.1) is 0 Å². The molecule has 0 amide bonds. The fourth-order valence-corrected chi connectivity index (χ4v) is 1.70. The normalized spacial score (nSPS) is 20.5. The molecule has 0 aromatic rings. The van der Waals surface area contributed by atoms with Gasteiger partial charge in [0, 0.05) is 19.0 Å². The first-order valence-electron chi connectivity index (χ1n) is 5.16. The van der Waals surface area contributed by atoms with Gasteiger partial charge in [-0.05, 0) is 39.2 Å². The number of amidine groups is 1. The fraction of sp³-hybridized carbons (Fsp3) is 0.900. The van der Waals surface area contributed by atoms with Crippen LogP contribution in [0.2, 0.25) is 0 Å². The molecular formula is C10H21N3O. The highest BCUT2D eigenvalue weighted by atomic mass is 16.4. The monoisotopic (exact) mass is 199 g/mol. The second-order valence-corrected chi connectivity index (χ2v) is 4.78. The van der Waals surface area contributed by atoms with Crippen LogP contribution in [0, 0.1) is 5.41 Å². The van der Waals surface area contributed by atoms with Gasteiger partial charge in [0.2, 0.25) is 0 Å². The van der Waals surface area contributed by atoms with Crippen molar-refractivity contribution in [3.63, 3.8) is 0 Å². The molecule has 0 unspecified atom stereocenters. The van der Waals surface area contributed by atoms with Crippen LogP contribution < -0.4 is 5.73 Å². The SMILES string of the molecule is CC(C)N(C)CC1(CC(N)=NO)CC1. The molecule has 14 heavy (non-hydrogen) atoms. The molecule has 0 radical (unpaired) electrons. The third kappa shape index (κ3) is 2.87. The number of nitrogens with zero attached hydrogens (tertiary/aromatic N) is 2. The van der Waals surface area contributed by atoms with Crippen LogP contribution in [0.25, 0.3) is 0 Å². The molecule has 0 spiro atoms. The van der Waals surface area contributed by atoms with Gasteiger partial charge in [0.25, 0.3) is 0 Å². The lowest BCUT2D eigenvalue weighted by molar-refractivity contribution is 0.220. The summed E-state index contributed by atoms with van der Waals surface area (Å²) in [6.45, 7) is 5.40. The predicted octanol–water partition coefficient (Wildman–Crippen LogP) is 1.24. The molecule has 0 aliphatic heterocycles. The van der Waals surface area contributed by atoms with Crippen molar-refractivity contribution in [2.75, 3.05) is 13.6 Å². The van der Waals surface area contributed by atoms with Gasteiger partial charge in [-0.3, -0.25) is 0 Å². The van der Waals surface area contributed by atoms with Gasteiger partial charge >= 0.3 is 0 Å².